The predicted molar refractivity (Wildman–Crippen MR) is 88.1 cm³/mol. The standard InChI is InChI=1S/C18H22O8/c1-4-14(19)23-18(24-15(20)5-2,25-16(21)6-3)26-17(22)12-13-10-8-7-9-11-13/h7-11H,4-6,12H2,1-3H3. The fraction of sp³-hybridized carbons (Fsp3) is 0.444. The van der Waals surface area contributed by atoms with Crippen LogP contribution in [-0.2, 0) is 44.5 Å². The fourth-order valence-corrected chi connectivity index (χ4v) is 1.70. The Labute approximate surface area is 151 Å². The van der Waals surface area contributed by atoms with E-state index in [-0.39, 0.29) is 25.7 Å². The van der Waals surface area contributed by atoms with Gasteiger partial charge in [-0.25, -0.2) is 0 Å². The summed E-state index contributed by atoms with van der Waals surface area (Å²) in [6, 6.07) is 8.57. The first-order chi connectivity index (χ1) is 12.3. The van der Waals surface area contributed by atoms with Gasteiger partial charge >= 0.3 is 30.0 Å². The summed E-state index contributed by atoms with van der Waals surface area (Å²) in [6.07, 6.45) is -3.44. The Morgan fingerprint density at radius 3 is 1.46 bits per heavy atom. The average Bonchev–Trinajstić information content (AvgIpc) is 2.61. The van der Waals surface area contributed by atoms with Crippen molar-refractivity contribution in [2.45, 2.75) is 52.6 Å². The van der Waals surface area contributed by atoms with Crippen molar-refractivity contribution in [3.63, 3.8) is 0 Å². The minimum atomic E-state index is -2.88. The normalized spacial score (nSPS) is 10.6. The van der Waals surface area contributed by atoms with Crippen LogP contribution in [0.5, 0.6) is 0 Å². The maximum absolute atomic E-state index is 12.2. The highest BCUT2D eigenvalue weighted by molar-refractivity contribution is 5.76. The van der Waals surface area contributed by atoms with Crippen molar-refractivity contribution in [3.05, 3.63) is 35.9 Å². The number of hydrogen-bond donors (Lipinski definition) is 0. The highest BCUT2D eigenvalue weighted by Crippen LogP contribution is 2.22. The topological polar surface area (TPSA) is 105 Å². The lowest BCUT2D eigenvalue weighted by molar-refractivity contribution is -0.432. The third-order valence-corrected chi connectivity index (χ3v) is 3.01. The van der Waals surface area contributed by atoms with Crippen LogP contribution < -0.4 is 0 Å². The number of rotatable bonds is 9. The molecule has 0 spiro atoms. The Hall–Kier alpha value is -2.90. The summed E-state index contributed by atoms with van der Waals surface area (Å²) in [5.74, 6) is -3.56. The van der Waals surface area contributed by atoms with E-state index < -0.39 is 30.0 Å². The van der Waals surface area contributed by atoms with Crippen LogP contribution in [0.3, 0.4) is 0 Å². The molecule has 0 saturated carbocycles. The molecule has 26 heavy (non-hydrogen) atoms. The van der Waals surface area contributed by atoms with Gasteiger partial charge in [0.1, 0.15) is 0 Å². The predicted octanol–water partition coefficient (Wildman–Crippen LogP) is 2.24. The largest absolute Gasteiger partial charge is 0.619 e. The Bertz CT molecular complexity index is 592. The molecule has 1 aromatic carbocycles. The van der Waals surface area contributed by atoms with Gasteiger partial charge in [-0.05, 0) is 5.56 Å². The van der Waals surface area contributed by atoms with Crippen LogP contribution in [0.15, 0.2) is 30.3 Å². The summed E-state index contributed by atoms with van der Waals surface area (Å²) in [6.45, 7) is 4.42. The molecule has 142 valence electrons. The molecule has 1 aromatic rings. The molecule has 8 nitrogen and oxygen atoms in total. The van der Waals surface area contributed by atoms with E-state index in [9.17, 15) is 19.2 Å². The fourth-order valence-electron chi connectivity index (χ4n) is 1.70. The van der Waals surface area contributed by atoms with E-state index in [4.69, 9.17) is 18.9 Å². The van der Waals surface area contributed by atoms with Crippen LogP contribution in [0.1, 0.15) is 45.6 Å². The molecule has 0 unspecified atom stereocenters. The van der Waals surface area contributed by atoms with Gasteiger partial charge in [0.15, 0.2) is 0 Å². The van der Waals surface area contributed by atoms with Crippen LogP contribution in [-0.4, -0.2) is 30.0 Å². The van der Waals surface area contributed by atoms with Gasteiger partial charge in [-0.15, -0.1) is 0 Å². The number of benzene rings is 1. The van der Waals surface area contributed by atoms with Crippen molar-refractivity contribution in [1.29, 1.82) is 0 Å². The third-order valence-electron chi connectivity index (χ3n) is 3.01. The molecule has 0 aliphatic heterocycles. The maximum atomic E-state index is 12.2. The molecule has 0 saturated heterocycles. The second-order valence-corrected chi connectivity index (χ2v) is 5.12. The Morgan fingerprint density at radius 1 is 0.692 bits per heavy atom. The molecular weight excluding hydrogens is 344 g/mol. The highest BCUT2D eigenvalue weighted by Gasteiger charge is 2.49. The Balaban J connectivity index is 3.07. The third kappa shape index (κ3) is 6.92. The first-order valence-corrected chi connectivity index (χ1v) is 8.25. The number of carbonyl (C=O) groups excluding carboxylic acids is 4. The minimum Gasteiger partial charge on any atom is -0.352 e. The van der Waals surface area contributed by atoms with Crippen LogP contribution in [0.25, 0.3) is 0 Å². The molecule has 0 heterocycles. The van der Waals surface area contributed by atoms with Gasteiger partial charge in [-0.3, -0.25) is 19.2 Å². The van der Waals surface area contributed by atoms with E-state index in [2.05, 4.69) is 0 Å². The van der Waals surface area contributed by atoms with Crippen LogP contribution >= 0.6 is 0 Å². The smallest absolute Gasteiger partial charge is 0.352 e. The number of carbonyl (C=O) groups is 4. The van der Waals surface area contributed by atoms with Crippen LogP contribution in [0, 0.1) is 0 Å². The number of esters is 4. The molecule has 8 heteroatoms. The second-order valence-electron chi connectivity index (χ2n) is 5.12. The monoisotopic (exact) mass is 366 g/mol. The number of hydrogen-bond acceptors (Lipinski definition) is 8. The summed E-state index contributed by atoms with van der Waals surface area (Å²) in [4.78, 5) is 47.4. The quantitative estimate of drug-likeness (QED) is 0.484. The molecular formula is C18H22O8. The van der Waals surface area contributed by atoms with Crippen LogP contribution in [0.2, 0.25) is 0 Å². The van der Waals surface area contributed by atoms with Crippen molar-refractivity contribution in [2.24, 2.45) is 0 Å². The average molecular weight is 366 g/mol. The molecule has 0 radical (unpaired) electrons. The lowest BCUT2D eigenvalue weighted by Crippen LogP contribution is -2.48. The Kier molecular flexibility index (Phi) is 8.27. The molecule has 1 rings (SSSR count). The molecule has 0 atom stereocenters. The second kappa shape index (κ2) is 10.2. The van der Waals surface area contributed by atoms with Gasteiger partial charge in [-0.2, -0.15) is 0 Å². The van der Waals surface area contributed by atoms with Gasteiger partial charge < -0.3 is 18.9 Å². The van der Waals surface area contributed by atoms with Crippen molar-refractivity contribution in [3.8, 4) is 0 Å². The summed E-state index contributed by atoms with van der Waals surface area (Å²) >= 11 is 0. The van der Waals surface area contributed by atoms with E-state index in [1.54, 1.807) is 30.3 Å². The summed E-state index contributed by atoms with van der Waals surface area (Å²) in [5, 5.41) is 0. The van der Waals surface area contributed by atoms with Gasteiger partial charge in [-0.1, -0.05) is 51.1 Å². The maximum Gasteiger partial charge on any atom is 0.619 e. The Morgan fingerprint density at radius 2 is 1.08 bits per heavy atom. The lowest BCUT2D eigenvalue weighted by atomic mass is 10.2. The van der Waals surface area contributed by atoms with E-state index in [1.807, 2.05) is 0 Å². The SMILES string of the molecule is CCC(=O)OC(OC(=O)CC)(OC(=O)CC)OC(=O)Cc1ccccc1. The zero-order valence-electron chi connectivity index (χ0n) is 15.0. The first kappa shape index (κ1) is 21.1. The van der Waals surface area contributed by atoms with E-state index in [0.717, 1.165) is 0 Å². The molecule has 0 aliphatic carbocycles. The summed E-state index contributed by atoms with van der Waals surface area (Å²) in [7, 11) is 0. The molecule has 0 aromatic heterocycles. The lowest BCUT2D eigenvalue weighted by Gasteiger charge is -2.28. The van der Waals surface area contributed by atoms with Gasteiger partial charge in [0.2, 0.25) is 0 Å². The minimum absolute atomic E-state index is 0.120. The van der Waals surface area contributed by atoms with Crippen LogP contribution in [0.4, 0.5) is 0 Å². The number of ether oxygens (including phenoxy) is 4. The summed E-state index contributed by atoms with van der Waals surface area (Å²) in [5.41, 5.74) is 0.608. The van der Waals surface area contributed by atoms with E-state index in [0.29, 0.717) is 5.56 Å². The van der Waals surface area contributed by atoms with E-state index in [1.165, 1.54) is 20.8 Å². The van der Waals surface area contributed by atoms with E-state index >= 15 is 0 Å². The van der Waals surface area contributed by atoms with Gasteiger partial charge in [0.25, 0.3) is 0 Å². The molecule has 0 bridgehead atoms. The van der Waals surface area contributed by atoms with Crippen molar-refractivity contribution >= 4 is 23.9 Å². The zero-order valence-corrected chi connectivity index (χ0v) is 15.0. The summed E-state index contributed by atoms with van der Waals surface area (Å²) < 4.78 is 19.6. The van der Waals surface area contributed by atoms with Gasteiger partial charge in [0, 0.05) is 19.3 Å². The highest BCUT2D eigenvalue weighted by atomic mass is 17.0. The van der Waals surface area contributed by atoms with Crippen molar-refractivity contribution in [1.82, 2.24) is 0 Å². The molecule has 0 N–H and O–H groups in total. The molecule has 0 fully saturated rings. The van der Waals surface area contributed by atoms with Crippen molar-refractivity contribution in [2.75, 3.05) is 0 Å². The molecule has 0 amide bonds. The van der Waals surface area contributed by atoms with Crippen molar-refractivity contribution < 1.29 is 38.1 Å². The zero-order chi connectivity index (χ0) is 19.6. The van der Waals surface area contributed by atoms with Gasteiger partial charge in [0.05, 0.1) is 6.42 Å². The molecule has 0 aliphatic rings. The first-order valence-electron chi connectivity index (χ1n) is 8.25.